The molecular formula is C15H14BrNO2. The zero-order chi connectivity index (χ0) is 13.4. The minimum absolute atomic E-state index is 0.355. The van der Waals surface area contributed by atoms with E-state index in [0.717, 1.165) is 28.5 Å². The van der Waals surface area contributed by atoms with E-state index in [4.69, 9.17) is 0 Å². The number of benzene rings is 1. The molecule has 4 heteroatoms. The summed E-state index contributed by atoms with van der Waals surface area (Å²) in [6.07, 6.45) is 4.67. The zero-order valence-corrected chi connectivity index (χ0v) is 12.0. The van der Waals surface area contributed by atoms with Gasteiger partial charge in [0.1, 0.15) is 0 Å². The van der Waals surface area contributed by atoms with E-state index in [1.54, 1.807) is 6.07 Å². The van der Waals surface area contributed by atoms with Crippen molar-refractivity contribution in [1.82, 2.24) is 4.98 Å². The minimum Gasteiger partial charge on any atom is -0.478 e. The second-order valence-corrected chi connectivity index (χ2v) is 5.96. The average molecular weight is 320 g/mol. The Hall–Kier alpha value is -1.42. The number of hydrogen-bond donors (Lipinski definition) is 1. The fourth-order valence-corrected chi connectivity index (χ4v) is 3.19. The molecule has 1 aromatic carbocycles. The molecular weight excluding hydrogens is 306 g/mol. The molecule has 2 aromatic rings. The summed E-state index contributed by atoms with van der Waals surface area (Å²) in [4.78, 5) is 16.1. The Morgan fingerprint density at radius 1 is 1.26 bits per heavy atom. The quantitative estimate of drug-likeness (QED) is 0.895. The maximum absolute atomic E-state index is 11.5. The average Bonchev–Trinajstić information content (AvgIpc) is 2.91. The van der Waals surface area contributed by atoms with Gasteiger partial charge in [0.15, 0.2) is 0 Å². The van der Waals surface area contributed by atoms with Gasteiger partial charge in [0, 0.05) is 21.5 Å². The van der Waals surface area contributed by atoms with Crippen LogP contribution in [0.5, 0.6) is 0 Å². The topological polar surface area (TPSA) is 50.2 Å². The molecule has 1 saturated carbocycles. The van der Waals surface area contributed by atoms with Crippen molar-refractivity contribution in [3.63, 3.8) is 0 Å². The number of halogens is 1. The van der Waals surface area contributed by atoms with Crippen LogP contribution in [0.4, 0.5) is 0 Å². The number of pyridine rings is 1. The number of carboxylic acid groups (broad SMARTS) is 1. The fraction of sp³-hybridized carbons (Fsp3) is 0.333. The number of aromatic carboxylic acids is 1. The maximum Gasteiger partial charge on any atom is 0.336 e. The highest BCUT2D eigenvalue weighted by Gasteiger charge is 2.21. The first-order valence-electron chi connectivity index (χ1n) is 6.48. The van der Waals surface area contributed by atoms with E-state index in [2.05, 4.69) is 20.9 Å². The van der Waals surface area contributed by atoms with E-state index in [-0.39, 0.29) is 0 Å². The van der Waals surface area contributed by atoms with Crippen LogP contribution in [0.2, 0.25) is 0 Å². The number of nitrogens with zero attached hydrogens (tertiary/aromatic N) is 1. The van der Waals surface area contributed by atoms with Crippen LogP contribution in [-0.4, -0.2) is 16.1 Å². The predicted octanol–water partition coefficient (Wildman–Crippen LogP) is 4.35. The van der Waals surface area contributed by atoms with Crippen molar-refractivity contribution in [3.05, 3.63) is 40.0 Å². The van der Waals surface area contributed by atoms with Crippen LogP contribution in [0, 0.1) is 0 Å². The Bertz CT molecular complexity index is 648. The Balaban J connectivity index is 2.21. The second kappa shape index (κ2) is 4.93. The fourth-order valence-electron chi connectivity index (χ4n) is 2.83. The Morgan fingerprint density at radius 3 is 2.68 bits per heavy atom. The molecule has 1 heterocycles. The molecule has 0 bridgehead atoms. The molecule has 1 aliphatic rings. The maximum atomic E-state index is 11.5. The van der Waals surface area contributed by atoms with Crippen LogP contribution >= 0.6 is 15.9 Å². The Morgan fingerprint density at radius 2 is 2.00 bits per heavy atom. The van der Waals surface area contributed by atoms with E-state index in [9.17, 15) is 9.90 Å². The summed E-state index contributed by atoms with van der Waals surface area (Å²) in [5.41, 5.74) is 2.06. The summed E-state index contributed by atoms with van der Waals surface area (Å²) < 4.78 is 0.873. The molecule has 19 heavy (non-hydrogen) atoms. The number of aromatic nitrogens is 1. The third-order valence-electron chi connectivity index (χ3n) is 3.79. The molecule has 3 nitrogen and oxygen atoms in total. The SMILES string of the molecule is O=C(O)c1cc(C2CCCC2)nc2ccc(Br)cc12. The summed E-state index contributed by atoms with van der Waals surface area (Å²) in [6, 6.07) is 7.36. The van der Waals surface area contributed by atoms with Gasteiger partial charge in [0.25, 0.3) is 0 Å². The van der Waals surface area contributed by atoms with Crippen molar-refractivity contribution in [2.45, 2.75) is 31.6 Å². The monoisotopic (exact) mass is 319 g/mol. The molecule has 0 radical (unpaired) electrons. The molecule has 0 spiro atoms. The standard InChI is InChI=1S/C15H14BrNO2/c16-10-5-6-13-11(7-10)12(15(18)19)8-14(17-13)9-3-1-2-4-9/h5-9H,1-4H2,(H,18,19). The van der Waals surface area contributed by atoms with Crippen LogP contribution < -0.4 is 0 Å². The van der Waals surface area contributed by atoms with E-state index < -0.39 is 5.97 Å². The van der Waals surface area contributed by atoms with Gasteiger partial charge in [-0.2, -0.15) is 0 Å². The van der Waals surface area contributed by atoms with Gasteiger partial charge in [-0.05, 0) is 37.1 Å². The molecule has 0 unspecified atom stereocenters. The van der Waals surface area contributed by atoms with E-state index in [0.29, 0.717) is 16.9 Å². The largest absolute Gasteiger partial charge is 0.478 e. The molecule has 1 fully saturated rings. The summed E-state index contributed by atoms with van der Waals surface area (Å²) in [5, 5.41) is 10.1. The number of hydrogen-bond acceptors (Lipinski definition) is 2. The van der Waals surface area contributed by atoms with Gasteiger partial charge in [-0.3, -0.25) is 4.98 Å². The van der Waals surface area contributed by atoms with Crippen LogP contribution in [0.3, 0.4) is 0 Å². The first-order valence-corrected chi connectivity index (χ1v) is 7.28. The van der Waals surface area contributed by atoms with Crippen molar-refractivity contribution >= 4 is 32.8 Å². The molecule has 1 N–H and O–H groups in total. The lowest BCUT2D eigenvalue weighted by Crippen LogP contribution is -2.04. The summed E-state index contributed by atoms with van der Waals surface area (Å²) in [6.45, 7) is 0. The van der Waals surface area contributed by atoms with Crippen molar-refractivity contribution in [2.75, 3.05) is 0 Å². The Kier molecular flexibility index (Phi) is 3.27. The highest BCUT2D eigenvalue weighted by atomic mass is 79.9. The highest BCUT2D eigenvalue weighted by molar-refractivity contribution is 9.10. The van der Waals surface area contributed by atoms with Gasteiger partial charge in [-0.25, -0.2) is 4.79 Å². The molecule has 1 aliphatic carbocycles. The molecule has 98 valence electrons. The van der Waals surface area contributed by atoms with Gasteiger partial charge in [0.2, 0.25) is 0 Å². The summed E-state index contributed by atoms with van der Waals surface area (Å²) in [5.74, 6) is -0.462. The lowest BCUT2D eigenvalue weighted by molar-refractivity contribution is 0.0699. The van der Waals surface area contributed by atoms with Crippen LogP contribution in [-0.2, 0) is 0 Å². The van der Waals surface area contributed by atoms with Crippen LogP contribution in [0.1, 0.15) is 47.7 Å². The molecule has 0 amide bonds. The molecule has 0 aliphatic heterocycles. The lowest BCUT2D eigenvalue weighted by atomic mass is 9.99. The third kappa shape index (κ3) is 2.37. The van der Waals surface area contributed by atoms with E-state index in [1.165, 1.54) is 12.8 Å². The molecule has 0 saturated heterocycles. The number of carboxylic acids is 1. The summed E-state index contributed by atoms with van der Waals surface area (Å²) in [7, 11) is 0. The minimum atomic E-state index is -0.884. The number of fused-ring (bicyclic) bond motifs is 1. The van der Waals surface area contributed by atoms with Gasteiger partial charge >= 0.3 is 5.97 Å². The van der Waals surface area contributed by atoms with Crippen LogP contribution in [0.15, 0.2) is 28.7 Å². The smallest absolute Gasteiger partial charge is 0.336 e. The normalized spacial score (nSPS) is 16.1. The lowest BCUT2D eigenvalue weighted by Gasteiger charge is -2.12. The Labute approximate surface area is 119 Å². The predicted molar refractivity (Wildman–Crippen MR) is 77.6 cm³/mol. The first-order chi connectivity index (χ1) is 9.15. The van der Waals surface area contributed by atoms with Gasteiger partial charge in [-0.1, -0.05) is 28.8 Å². The van der Waals surface area contributed by atoms with Crippen molar-refractivity contribution < 1.29 is 9.90 Å². The van der Waals surface area contributed by atoms with Gasteiger partial charge in [0.05, 0.1) is 11.1 Å². The number of carbonyl (C=O) groups is 1. The summed E-state index contributed by atoms with van der Waals surface area (Å²) >= 11 is 3.38. The van der Waals surface area contributed by atoms with Crippen molar-refractivity contribution in [2.24, 2.45) is 0 Å². The molecule has 3 rings (SSSR count). The third-order valence-corrected chi connectivity index (χ3v) is 4.29. The van der Waals surface area contributed by atoms with Crippen molar-refractivity contribution in [3.8, 4) is 0 Å². The zero-order valence-electron chi connectivity index (χ0n) is 10.4. The number of rotatable bonds is 2. The van der Waals surface area contributed by atoms with E-state index in [1.807, 2.05) is 18.2 Å². The van der Waals surface area contributed by atoms with Gasteiger partial charge < -0.3 is 5.11 Å². The molecule has 1 aromatic heterocycles. The second-order valence-electron chi connectivity index (χ2n) is 5.04. The first kappa shape index (κ1) is 12.6. The van der Waals surface area contributed by atoms with Crippen molar-refractivity contribution in [1.29, 1.82) is 0 Å². The van der Waals surface area contributed by atoms with Gasteiger partial charge in [-0.15, -0.1) is 0 Å². The van der Waals surface area contributed by atoms with Crippen LogP contribution in [0.25, 0.3) is 10.9 Å². The molecule has 0 atom stereocenters. The highest BCUT2D eigenvalue weighted by Crippen LogP contribution is 2.35. The van der Waals surface area contributed by atoms with E-state index >= 15 is 0 Å².